The van der Waals surface area contributed by atoms with E-state index in [0.29, 0.717) is 17.3 Å². The van der Waals surface area contributed by atoms with E-state index in [-0.39, 0.29) is 24.5 Å². The molecule has 0 aliphatic heterocycles. The molecule has 0 radical (unpaired) electrons. The molecule has 0 N–H and O–H groups in total. The Morgan fingerprint density at radius 1 is 1.19 bits per heavy atom. The molecule has 31 heavy (non-hydrogen) atoms. The summed E-state index contributed by atoms with van der Waals surface area (Å²) in [5.41, 5.74) is 1.33. The van der Waals surface area contributed by atoms with Gasteiger partial charge >= 0.3 is 5.97 Å². The van der Waals surface area contributed by atoms with Crippen LogP contribution < -0.4 is 4.90 Å². The molecule has 166 valence electrons. The van der Waals surface area contributed by atoms with Crippen molar-refractivity contribution in [2.75, 3.05) is 11.5 Å². The summed E-state index contributed by atoms with van der Waals surface area (Å²) in [5.74, 6) is 0.583. The number of rotatable bonds is 7. The average molecular weight is 424 g/mol. The molecule has 0 atom stereocenters. The van der Waals surface area contributed by atoms with Gasteiger partial charge in [-0.1, -0.05) is 37.3 Å². The van der Waals surface area contributed by atoms with Gasteiger partial charge in [-0.2, -0.15) is 0 Å². The predicted molar refractivity (Wildman–Crippen MR) is 124 cm³/mol. The van der Waals surface area contributed by atoms with Crippen LogP contribution in [0.3, 0.4) is 0 Å². The van der Waals surface area contributed by atoms with Gasteiger partial charge < -0.3 is 4.74 Å². The average Bonchev–Trinajstić information content (AvgIpc) is 3.17. The van der Waals surface area contributed by atoms with Gasteiger partial charge in [0.15, 0.2) is 5.82 Å². The van der Waals surface area contributed by atoms with Crippen molar-refractivity contribution in [2.45, 2.75) is 59.4 Å². The summed E-state index contributed by atoms with van der Waals surface area (Å²) >= 11 is 0. The molecule has 3 rings (SSSR count). The molecule has 1 aromatic carbocycles. The summed E-state index contributed by atoms with van der Waals surface area (Å²) in [6.45, 7) is 8.18. The van der Waals surface area contributed by atoms with Crippen LogP contribution in [0.15, 0.2) is 36.5 Å². The van der Waals surface area contributed by atoms with Crippen LogP contribution in [0, 0.1) is 11.8 Å². The molecule has 1 amide bonds. The van der Waals surface area contributed by atoms with E-state index in [0.717, 1.165) is 31.2 Å². The molecule has 0 bridgehead atoms. The van der Waals surface area contributed by atoms with Gasteiger partial charge in [-0.15, -0.1) is 5.10 Å². The second kappa shape index (κ2) is 10.4. The molecule has 1 heterocycles. The Morgan fingerprint density at radius 2 is 1.87 bits per heavy atom. The number of amides is 1. The number of esters is 1. The van der Waals surface area contributed by atoms with Crippen LogP contribution in [0.5, 0.6) is 0 Å². The largest absolute Gasteiger partial charge is 0.462 e. The Hall–Kier alpha value is -2.89. The summed E-state index contributed by atoms with van der Waals surface area (Å²) in [6.07, 6.45) is 9.21. The zero-order valence-electron chi connectivity index (χ0n) is 19.0. The number of carbonyl (C=O) groups excluding carboxylic acids is 2. The highest BCUT2D eigenvalue weighted by Gasteiger charge is 2.34. The molecule has 1 aliphatic carbocycles. The van der Waals surface area contributed by atoms with E-state index < -0.39 is 5.97 Å². The second-order valence-corrected chi connectivity index (χ2v) is 8.55. The third-order valence-electron chi connectivity index (χ3n) is 5.77. The summed E-state index contributed by atoms with van der Waals surface area (Å²) in [5, 5.41) is 4.62. The lowest BCUT2D eigenvalue weighted by molar-refractivity contribution is -0.123. The van der Waals surface area contributed by atoms with Gasteiger partial charge in [0.05, 0.1) is 6.61 Å². The molecule has 0 spiro atoms. The molecular formula is C25H33N3O3. The van der Waals surface area contributed by atoms with E-state index in [4.69, 9.17) is 4.74 Å². The van der Waals surface area contributed by atoms with Gasteiger partial charge in [0.1, 0.15) is 5.56 Å². The zero-order chi connectivity index (χ0) is 22.4. The van der Waals surface area contributed by atoms with Crippen LogP contribution in [-0.2, 0) is 9.53 Å². The van der Waals surface area contributed by atoms with Crippen molar-refractivity contribution < 1.29 is 14.3 Å². The number of hydrogen-bond donors (Lipinski definition) is 0. The van der Waals surface area contributed by atoms with E-state index in [1.54, 1.807) is 28.9 Å². The normalized spacial score (nSPS) is 19.0. The molecule has 1 saturated carbocycles. The van der Waals surface area contributed by atoms with E-state index in [2.05, 4.69) is 12.0 Å². The number of anilines is 1. The molecule has 6 heteroatoms. The molecule has 1 fully saturated rings. The van der Waals surface area contributed by atoms with Crippen LogP contribution in [0.4, 0.5) is 5.82 Å². The Balaban J connectivity index is 1.94. The first kappa shape index (κ1) is 22.8. The molecular weight excluding hydrogens is 390 g/mol. The van der Waals surface area contributed by atoms with Gasteiger partial charge in [-0.05, 0) is 64.0 Å². The van der Waals surface area contributed by atoms with Gasteiger partial charge in [-0.25, -0.2) is 9.48 Å². The van der Waals surface area contributed by atoms with Gasteiger partial charge in [0.25, 0.3) is 0 Å². The minimum Gasteiger partial charge on any atom is -0.462 e. The monoisotopic (exact) mass is 423 g/mol. The first-order valence-electron chi connectivity index (χ1n) is 11.2. The highest BCUT2D eigenvalue weighted by molar-refractivity contribution is 6.02. The topological polar surface area (TPSA) is 64.4 Å². The van der Waals surface area contributed by atoms with Crippen LogP contribution >= 0.6 is 0 Å². The molecule has 6 nitrogen and oxygen atoms in total. The Labute approximate surface area is 184 Å². The van der Waals surface area contributed by atoms with Crippen molar-refractivity contribution in [3.05, 3.63) is 47.7 Å². The van der Waals surface area contributed by atoms with Crippen LogP contribution in [0.25, 0.3) is 12.3 Å². The Bertz CT molecular complexity index is 909. The van der Waals surface area contributed by atoms with E-state index >= 15 is 0 Å². The number of carbonyl (C=O) groups is 2. The first-order valence-corrected chi connectivity index (χ1v) is 11.2. The molecule has 1 aliphatic rings. The van der Waals surface area contributed by atoms with Crippen molar-refractivity contribution in [3.63, 3.8) is 0 Å². The lowest BCUT2D eigenvalue weighted by Crippen LogP contribution is -2.43. The van der Waals surface area contributed by atoms with Crippen LogP contribution in [0.2, 0.25) is 0 Å². The number of benzene rings is 1. The SMILES string of the molecule is CCOC(=O)c1cn(C=Cc2ccccc2)nc1N(C(=O)[C@H]1CC[C@H](C)CC1)C(C)C. The Kier molecular flexibility index (Phi) is 7.66. The maximum absolute atomic E-state index is 13.5. The number of aromatic nitrogens is 2. The number of ether oxygens (including phenoxy) is 1. The summed E-state index contributed by atoms with van der Waals surface area (Å²) in [6, 6.07) is 9.73. The third kappa shape index (κ3) is 5.63. The maximum atomic E-state index is 13.5. The van der Waals surface area contributed by atoms with Crippen molar-refractivity contribution >= 4 is 30.0 Å². The molecule has 1 aromatic heterocycles. The highest BCUT2D eigenvalue weighted by Crippen LogP contribution is 2.32. The standard InChI is InChI=1S/C25H33N3O3/c1-5-31-25(30)22-17-27(16-15-20-9-7-6-8-10-20)26-23(22)28(18(2)3)24(29)21-13-11-19(4)12-14-21/h6-10,15-19,21H,5,11-14H2,1-4H3/t19-,21-. The summed E-state index contributed by atoms with van der Waals surface area (Å²) in [4.78, 5) is 27.8. The van der Waals surface area contributed by atoms with Gasteiger partial charge in [-0.3, -0.25) is 9.69 Å². The van der Waals surface area contributed by atoms with Crippen molar-refractivity contribution in [2.24, 2.45) is 11.8 Å². The predicted octanol–water partition coefficient (Wildman–Crippen LogP) is 5.26. The third-order valence-corrected chi connectivity index (χ3v) is 5.77. The summed E-state index contributed by atoms with van der Waals surface area (Å²) < 4.78 is 6.84. The summed E-state index contributed by atoms with van der Waals surface area (Å²) in [7, 11) is 0. The van der Waals surface area contributed by atoms with E-state index in [9.17, 15) is 9.59 Å². The molecule has 0 saturated heterocycles. The smallest absolute Gasteiger partial charge is 0.343 e. The van der Waals surface area contributed by atoms with Gasteiger partial charge in [0.2, 0.25) is 5.91 Å². The minimum atomic E-state index is -0.465. The second-order valence-electron chi connectivity index (χ2n) is 8.55. The number of hydrogen-bond acceptors (Lipinski definition) is 4. The maximum Gasteiger partial charge on any atom is 0.343 e. The van der Waals surface area contributed by atoms with Crippen molar-refractivity contribution in [1.29, 1.82) is 0 Å². The zero-order valence-corrected chi connectivity index (χ0v) is 19.0. The van der Waals surface area contributed by atoms with Gasteiger partial charge in [0, 0.05) is 24.4 Å². The number of nitrogens with zero attached hydrogens (tertiary/aromatic N) is 3. The van der Waals surface area contributed by atoms with Crippen LogP contribution in [-0.4, -0.2) is 34.3 Å². The Morgan fingerprint density at radius 3 is 2.48 bits per heavy atom. The van der Waals surface area contributed by atoms with Crippen molar-refractivity contribution in [3.8, 4) is 0 Å². The van der Waals surface area contributed by atoms with E-state index in [1.807, 2.05) is 50.3 Å². The van der Waals surface area contributed by atoms with Crippen LogP contribution in [0.1, 0.15) is 69.3 Å². The fourth-order valence-corrected chi connectivity index (χ4v) is 4.02. The van der Waals surface area contributed by atoms with Crippen molar-refractivity contribution in [1.82, 2.24) is 9.78 Å². The lowest BCUT2D eigenvalue weighted by atomic mass is 9.82. The fourth-order valence-electron chi connectivity index (χ4n) is 4.02. The fraction of sp³-hybridized carbons (Fsp3) is 0.480. The highest BCUT2D eigenvalue weighted by atomic mass is 16.5. The first-order chi connectivity index (χ1) is 14.9. The lowest BCUT2D eigenvalue weighted by Gasteiger charge is -2.32. The van der Waals surface area contributed by atoms with E-state index in [1.165, 1.54) is 0 Å². The quantitative estimate of drug-likeness (QED) is 0.570. The molecule has 0 unspecified atom stereocenters. The molecule has 2 aromatic rings. The minimum absolute atomic E-state index is 0.0290.